The van der Waals surface area contributed by atoms with Crippen LogP contribution in [0.25, 0.3) is 0 Å². The van der Waals surface area contributed by atoms with Crippen molar-refractivity contribution < 1.29 is 1.43 Å². The van der Waals surface area contributed by atoms with Crippen LogP contribution in [-0.4, -0.2) is 15.2 Å². The quantitative estimate of drug-likeness (QED) is 0.465. The predicted molar refractivity (Wildman–Crippen MR) is 32.4 cm³/mol. The number of rotatable bonds is 2. The second-order valence-electron chi connectivity index (χ2n) is 2.04. The van der Waals surface area contributed by atoms with Crippen molar-refractivity contribution in [2.75, 3.05) is 0 Å². The van der Waals surface area contributed by atoms with Crippen LogP contribution < -0.4 is 0 Å². The van der Waals surface area contributed by atoms with Crippen molar-refractivity contribution in [3.63, 3.8) is 0 Å². The van der Waals surface area contributed by atoms with Gasteiger partial charge in [-0.05, 0) is 0 Å². The monoisotopic (exact) mass is 100 g/mol. The molecule has 0 bridgehead atoms. The van der Waals surface area contributed by atoms with Gasteiger partial charge >= 0.3 is 46.1 Å². The second kappa shape index (κ2) is 3.71. The summed E-state index contributed by atoms with van der Waals surface area (Å²) in [7, 11) is 0. The molecule has 0 aliphatic carbocycles. The molecule has 0 aromatic heterocycles. The summed E-state index contributed by atoms with van der Waals surface area (Å²) >= 11 is 0.752. The largest absolute Gasteiger partial charge is 1.00 e. The maximum Gasteiger partial charge on any atom is -1.00 e. The summed E-state index contributed by atoms with van der Waals surface area (Å²) in [5.41, 5.74) is 0. The third-order valence-corrected chi connectivity index (χ3v) is 2.12. The zero-order valence-corrected chi connectivity index (χ0v) is 6.02. The van der Waals surface area contributed by atoms with Gasteiger partial charge in [0, 0.05) is 0 Å². The Hall–Kier alpha value is 0.532. The van der Waals surface area contributed by atoms with Gasteiger partial charge in [-0.2, -0.15) is 0 Å². The molecular weight excluding hydrogens is 87.0 g/mol. The third kappa shape index (κ3) is 4.53. The Balaban J connectivity index is 0. The van der Waals surface area contributed by atoms with Crippen LogP contribution in [0.15, 0.2) is 0 Å². The van der Waals surface area contributed by atoms with E-state index < -0.39 is 0 Å². The molecule has 0 spiro atoms. The molecule has 0 saturated heterocycles. The van der Waals surface area contributed by atoms with Gasteiger partial charge < -0.3 is 1.43 Å². The van der Waals surface area contributed by atoms with Gasteiger partial charge in [0.15, 0.2) is 0 Å². The molecule has 0 amide bonds. The Morgan fingerprint density at radius 2 is 2.17 bits per heavy atom. The molecule has 0 aromatic carbocycles. The van der Waals surface area contributed by atoms with Gasteiger partial charge in [0.2, 0.25) is 0 Å². The van der Waals surface area contributed by atoms with Crippen molar-refractivity contribution in [2.24, 2.45) is 5.92 Å². The molecule has 0 rings (SSSR count). The van der Waals surface area contributed by atoms with Crippen LogP contribution in [-0.2, 0) is 0 Å². The van der Waals surface area contributed by atoms with E-state index in [2.05, 4.69) is 19.6 Å². The van der Waals surface area contributed by atoms with E-state index in [9.17, 15) is 0 Å². The van der Waals surface area contributed by atoms with Crippen LogP contribution in [0.5, 0.6) is 0 Å². The van der Waals surface area contributed by atoms with Gasteiger partial charge in [-0.1, -0.05) is 0 Å². The first-order valence-corrected chi connectivity index (χ1v) is 4.52. The predicted octanol–water partition coefficient (Wildman–Crippen LogP) is 1.93. The van der Waals surface area contributed by atoms with Crippen LogP contribution >= 0.6 is 0 Å². The fraction of sp³-hybridized carbons (Fsp3) is 1.00. The van der Waals surface area contributed by atoms with Crippen molar-refractivity contribution in [1.82, 2.24) is 0 Å². The van der Waals surface area contributed by atoms with Gasteiger partial charge in [0.1, 0.15) is 0 Å². The molecule has 0 atom stereocenters. The van der Waals surface area contributed by atoms with Gasteiger partial charge in [-0.25, -0.2) is 0 Å². The van der Waals surface area contributed by atoms with Gasteiger partial charge in [0.25, 0.3) is 0 Å². The van der Waals surface area contributed by atoms with Crippen molar-refractivity contribution in [3.05, 3.63) is 0 Å². The topological polar surface area (TPSA) is 0 Å². The average Bonchev–Trinajstić information content (AvgIpc) is 1.35. The van der Waals surface area contributed by atoms with E-state index >= 15 is 0 Å². The molecule has 0 radical (unpaired) electrons. The van der Waals surface area contributed by atoms with Gasteiger partial charge in [-0.3, -0.25) is 0 Å². The fourth-order valence-corrected chi connectivity index (χ4v) is 1.41. The molecule has 0 aliphatic rings. The van der Waals surface area contributed by atoms with Crippen molar-refractivity contribution in [2.45, 2.75) is 24.9 Å². The molecule has 0 fully saturated rings. The first-order valence-electron chi connectivity index (χ1n) is 2.55. The molecule has 0 nitrogen and oxygen atoms in total. The van der Waals surface area contributed by atoms with Crippen LogP contribution in [0.3, 0.4) is 0 Å². The normalized spacial score (nSPS) is 8.67. The molecule has 0 unspecified atom stereocenters. The molecule has 1 heteroatoms. The number of hydrogen-bond donors (Lipinski definition) is 0. The Kier molecular flexibility index (Phi) is 4.04. The standard InChI is InChI=1S/C4H9.CH3.Al.H/c1-4(2)3;;;/h4H,1H2,2-3H3;1H3;;/q;;+1;-1. The minimum atomic E-state index is 0. The second-order valence-corrected chi connectivity index (χ2v) is 3.33. The summed E-state index contributed by atoms with van der Waals surface area (Å²) in [4.78, 5) is 0. The summed E-state index contributed by atoms with van der Waals surface area (Å²) in [5, 5.41) is 1.46. The van der Waals surface area contributed by atoms with Crippen LogP contribution in [0.1, 0.15) is 15.3 Å². The SMILES string of the molecule is [CH3][Al+][CH2]C(C)C.[H-]. The summed E-state index contributed by atoms with van der Waals surface area (Å²) in [6.45, 7) is 4.55. The Bertz CT molecular complexity index is 29.3. The Morgan fingerprint density at radius 1 is 1.67 bits per heavy atom. The van der Waals surface area contributed by atoms with Crippen molar-refractivity contribution >= 4 is 15.2 Å². The molecule has 36 valence electrons. The minimum Gasteiger partial charge on any atom is -1.00 e. The molecule has 0 heterocycles. The third-order valence-electron chi connectivity index (χ3n) is 0.707. The smallest absolute Gasteiger partial charge is 1.00 e. The summed E-state index contributed by atoms with van der Waals surface area (Å²) < 4.78 is 0. The Morgan fingerprint density at radius 3 is 2.17 bits per heavy atom. The van der Waals surface area contributed by atoms with E-state index in [1.807, 2.05) is 0 Å². The van der Waals surface area contributed by atoms with Crippen molar-refractivity contribution in [1.29, 1.82) is 0 Å². The van der Waals surface area contributed by atoms with Crippen LogP contribution in [0.2, 0.25) is 11.1 Å². The maximum absolute atomic E-state index is 2.31. The van der Waals surface area contributed by atoms with Gasteiger partial charge in [-0.15, -0.1) is 0 Å². The first-order chi connectivity index (χ1) is 2.77. The van der Waals surface area contributed by atoms with E-state index in [0.29, 0.717) is 0 Å². The van der Waals surface area contributed by atoms with Gasteiger partial charge in [0.05, 0.1) is 0 Å². The van der Waals surface area contributed by atoms with Crippen LogP contribution in [0.4, 0.5) is 0 Å². The fourth-order valence-electron chi connectivity index (χ4n) is 0.471. The first kappa shape index (κ1) is 6.53. The van der Waals surface area contributed by atoms with E-state index in [0.717, 1.165) is 21.1 Å². The maximum atomic E-state index is 2.31. The molecule has 0 aliphatic heterocycles. The summed E-state index contributed by atoms with van der Waals surface area (Å²) in [5.74, 6) is 3.24. The van der Waals surface area contributed by atoms with E-state index in [-0.39, 0.29) is 1.43 Å². The summed E-state index contributed by atoms with van der Waals surface area (Å²) in [6, 6.07) is 0. The van der Waals surface area contributed by atoms with Crippen molar-refractivity contribution in [3.8, 4) is 0 Å². The molecular formula is C5H13Al. The summed E-state index contributed by atoms with van der Waals surface area (Å²) in [6.07, 6.45) is 0. The molecule has 0 N–H and O–H groups in total. The molecule has 6 heavy (non-hydrogen) atoms. The van der Waals surface area contributed by atoms with E-state index in [4.69, 9.17) is 0 Å². The zero-order chi connectivity index (χ0) is 4.99. The zero-order valence-electron chi connectivity index (χ0n) is 5.86. The molecule has 0 saturated carbocycles. The van der Waals surface area contributed by atoms with E-state index in [1.165, 1.54) is 5.28 Å². The number of hydrogen-bond acceptors (Lipinski definition) is 0. The average molecular weight is 100 g/mol. The van der Waals surface area contributed by atoms with Crippen LogP contribution in [0, 0.1) is 5.92 Å². The van der Waals surface area contributed by atoms with E-state index in [1.54, 1.807) is 0 Å². The Labute approximate surface area is 48.1 Å². The molecule has 0 aromatic rings. The minimum absolute atomic E-state index is 0.